The fourth-order valence-electron chi connectivity index (χ4n) is 3.61. The molecule has 2 rings (SSSR count). The van der Waals surface area contributed by atoms with Crippen LogP contribution in [-0.4, -0.2) is 50.5 Å². The van der Waals surface area contributed by atoms with E-state index in [1.165, 1.54) is 11.0 Å². The van der Waals surface area contributed by atoms with E-state index in [4.69, 9.17) is 11.6 Å². The number of halogens is 1. The van der Waals surface area contributed by atoms with Crippen LogP contribution in [0.5, 0.6) is 0 Å². The van der Waals surface area contributed by atoms with Crippen molar-refractivity contribution in [2.75, 3.05) is 23.7 Å². The molecular formula is C25H34ClN3O4S. The summed E-state index contributed by atoms with van der Waals surface area (Å²) in [6.07, 6.45) is 2.21. The highest BCUT2D eigenvalue weighted by atomic mass is 35.5. The molecule has 1 N–H and O–H groups in total. The predicted octanol–water partition coefficient (Wildman–Crippen LogP) is 4.06. The molecule has 0 bridgehead atoms. The molecule has 0 aromatic heterocycles. The Morgan fingerprint density at radius 1 is 1.06 bits per heavy atom. The van der Waals surface area contributed by atoms with Crippen LogP contribution in [-0.2, 0) is 26.2 Å². The third kappa shape index (κ3) is 7.21. The quantitative estimate of drug-likeness (QED) is 0.497. The molecule has 0 radical (unpaired) electrons. The van der Waals surface area contributed by atoms with Crippen LogP contribution < -0.4 is 9.62 Å². The number of nitrogens with zero attached hydrogens (tertiary/aromatic N) is 2. The van der Waals surface area contributed by atoms with Gasteiger partial charge in [-0.05, 0) is 55.5 Å². The first-order valence-electron chi connectivity index (χ1n) is 11.3. The number of anilines is 1. The van der Waals surface area contributed by atoms with Gasteiger partial charge in [-0.25, -0.2) is 8.42 Å². The van der Waals surface area contributed by atoms with Gasteiger partial charge in [-0.1, -0.05) is 55.8 Å². The molecule has 0 heterocycles. The van der Waals surface area contributed by atoms with Gasteiger partial charge in [-0.2, -0.15) is 0 Å². The topological polar surface area (TPSA) is 86.8 Å². The zero-order chi connectivity index (χ0) is 25.5. The van der Waals surface area contributed by atoms with Gasteiger partial charge in [0.2, 0.25) is 21.8 Å². The van der Waals surface area contributed by atoms with Crippen molar-refractivity contribution in [1.29, 1.82) is 0 Å². The molecule has 34 heavy (non-hydrogen) atoms. The monoisotopic (exact) mass is 507 g/mol. The predicted molar refractivity (Wildman–Crippen MR) is 137 cm³/mol. The highest BCUT2D eigenvalue weighted by Crippen LogP contribution is 2.25. The van der Waals surface area contributed by atoms with Gasteiger partial charge in [0.15, 0.2) is 0 Å². The largest absolute Gasteiger partial charge is 0.354 e. The molecule has 0 saturated carbocycles. The zero-order valence-electron chi connectivity index (χ0n) is 20.5. The fourth-order valence-corrected chi connectivity index (χ4v) is 4.62. The average molecular weight is 508 g/mol. The molecule has 7 nitrogen and oxygen atoms in total. The maximum absolute atomic E-state index is 13.6. The molecule has 1 unspecified atom stereocenters. The summed E-state index contributed by atoms with van der Waals surface area (Å²) >= 11 is 6.23. The summed E-state index contributed by atoms with van der Waals surface area (Å²) in [6, 6.07) is 11.7. The normalized spacial score (nSPS) is 12.2. The number of hydrogen-bond acceptors (Lipinski definition) is 4. The number of carbonyl (C=O) groups is 2. The minimum Gasteiger partial charge on any atom is -0.354 e. The van der Waals surface area contributed by atoms with Gasteiger partial charge in [0.1, 0.15) is 12.6 Å². The molecular weight excluding hydrogens is 474 g/mol. The van der Waals surface area contributed by atoms with E-state index in [1.807, 2.05) is 52.0 Å². The Bertz CT molecular complexity index is 1120. The molecule has 0 fully saturated rings. The van der Waals surface area contributed by atoms with E-state index in [0.29, 0.717) is 23.7 Å². The summed E-state index contributed by atoms with van der Waals surface area (Å²) < 4.78 is 26.3. The van der Waals surface area contributed by atoms with Crippen LogP contribution in [0, 0.1) is 13.8 Å². The van der Waals surface area contributed by atoms with Gasteiger partial charge in [0, 0.05) is 18.1 Å². The van der Waals surface area contributed by atoms with Crippen molar-refractivity contribution in [3.8, 4) is 0 Å². The molecule has 0 aliphatic heterocycles. The number of aryl methyl sites for hydroxylation is 2. The third-order valence-corrected chi connectivity index (χ3v) is 7.21. The first kappa shape index (κ1) is 27.7. The molecule has 2 aromatic rings. The zero-order valence-corrected chi connectivity index (χ0v) is 22.0. The van der Waals surface area contributed by atoms with Gasteiger partial charge >= 0.3 is 0 Å². The standard InChI is InChI=1S/C25H34ClN3O4S/c1-6-14-27-25(31)23(7-2)28(16-20-11-9-8-10-18(20)3)24(30)17-29(34(5,32)33)21-13-12-19(4)22(26)15-21/h8-13,15,23H,6-7,14,16-17H2,1-5H3,(H,27,31). The molecule has 9 heteroatoms. The number of rotatable bonds is 11. The van der Waals surface area contributed by atoms with Crippen molar-refractivity contribution in [1.82, 2.24) is 10.2 Å². The van der Waals surface area contributed by atoms with Gasteiger partial charge in [-0.15, -0.1) is 0 Å². The fraction of sp³-hybridized carbons (Fsp3) is 0.440. The minimum atomic E-state index is -3.80. The number of hydrogen-bond donors (Lipinski definition) is 1. The number of nitrogens with one attached hydrogen (secondary N) is 1. The van der Waals surface area contributed by atoms with E-state index in [1.54, 1.807) is 12.1 Å². The van der Waals surface area contributed by atoms with Crippen LogP contribution >= 0.6 is 11.6 Å². The summed E-state index contributed by atoms with van der Waals surface area (Å²) in [4.78, 5) is 28.0. The van der Waals surface area contributed by atoms with Crippen molar-refractivity contribution in [3.63, 3.8) is 0 Å². The average Bonchev–Trinajstić information content (AvgIpc) is 2.78. The summed E-state index contributed by atoms with van der Waals surface area (Å²) in [5.41, 5.74) is 2.96. The second-order valence-electron chi connectivity index (χ2n) is 8.37. The van der Waals surface area contributed by atoms with Gasteiger partial charge in [-0.3, -0.25) is 13.9 Å². The molecule has 0 aliphatic carbocycles. The lowest BCUT2D eigenvalue weighted by molar-refractivity contribution is -0.140. The van der Waals surface area contributed by atoms with Crippen LogP contribution in [0.2, 0.25) is 5.02 Å². The summed E-state index contributed by atoms with van der Waals surface area (Å²) in [6.45, 7) is 7.78. The molecule has 0 saturated heterocycles. The van der Waals surface area contributed by atoms with E-state index >= 15 is 0 Å². The van der Waals surface area contributed by atoms with Crippen molar-refractivity contribution < 1.29 is 18.0 Å². The maximum Gasteiger partial charge on any atom is 0.244 e. The molecule has 0 spiro atoms. The van der Waals surface area contributed by atoms with E-state index in [-0.39, 0.29) is 12.5 Å². The lowest BCUT2D eigenvalue weighted by Gasteiger charge is -2.33. The van der Waals surface area contributed by atoms with Gasteiger partial charge < -0.3 is 10.2 Å². The smallest absolute Gasteiger partial charge is 0.244 e. The van der Waals surface area contributed by atoms with Crippen LogP contribution in [0.1, 0.15) is 43.4 Å². The molecule has 2 amide bonds. The molecule has 2 aromatic carbocycles. The highest BCUT2D eigenvalue weighted by molar-refractivity contribution is 7.92. The third-order valence-electron chi connectivity index (χ3n) is 5.66. The Balaban J connectivity index is 2.46. The van der Waals surface area contributed by atoms with E-state index in [0.717, 1.165) is 33.7 Å². The highest BCUT2D eigenvalue weighted by Gasteiger charge is 2.31. The second-order valence-corrected chi connectivity index (χ2v) is 10.7. The number of benzene rings is 2. The maximum atomic E-state index is 13.6. The summed E-state index contributed by atoms with van der Waals surface area (Å²) in [5, 5.41) is 3.27. The summed E-state index contributed by atoms with van der Waals surface area (Å²) in [5.74, 6) is -0.723. The van der Waals surface area contributed by atoms with Crippen molar-refractivity contribution in [3.05, 3.63) is 64.2 Å². The second kappa shape index (κ2) is 12.2. The Kier molecular flexibility index (Phi) is 9.94. The number of amides is 2. The Morgan fingerprint density at radius 3 is 2.29 bits per heavy atom. The van der Waals surface area contributed by atoms with Gasteiger partial charge in [0.25, 0.3) is 0 Å². The number of sulfonamides is 1. The van der Waals surface area contributed by atoms with Crippen LogP contribution in [0.3, 0.4) is 0 Å². The minimum absolute atomic E-state index is 0.190. The van der Waals surface area contributed by atoms with Crippen molar-refractivity contribution in [2.45, 2.75) is 53.1 Å². The Hall–Kier alpha value is -2.58. The van der Waals surface area contributed by atoms with Crippen LogP contribution in [0.15, 0.2) is 42.5 Å². The first-order chi connectivity index (χ1) is 16.0. The van der Waals surface area contributed by atoms with Gasteiger partial charge in [0.05, 0.1) is 11.9 Å². The molecule has 0 aliphatic rings. The lowest BCUT2D eigenvalue weighted by atomic mass is 10.1. The van der Waals surface area contributed by atoms with Crippen molar-refractivity contribution >= 4 is 39.1 Å². The lowest BCUT2D eigenvalue weighted by Crippen LogP contribution is -2.52. The van der Waals surface area contributed by atoms with Crippen LogP contribution in [0.4, 0.5) is 5.69 Å². The molecule has 1 atom stereocenters. The number of carbonyl (C=O) groups excluding carboxylic acids is 2. The van der Waals surface area contributed by atoms with Crippen molar-refractivity contribution in [2.24, 2.45) is 0 Å². The summed E-state index contributed by atoms with van der Waals surface area (Å²) in [7, 11) is -3.80. The Morgan fingerprint density at radius 2 is 1.74 bits per heavy atom. The SMILES string of the molecule is CCCNC(=O)C(CC)N(Cc1ccccc1C)C(=O)CN(c1ccc(C)c(Cl)c1)S(C)(=O)=O. The first-order valence-corrected chi connectivity index (χ1v) is 13.6. The van der Waals surface area contributed by atoms with E-state index in [9.17, 15) is 18.0 Å². The molecule has 186 valence electrons. The van der Waals surface area contributed by atoms with E-state index < -0.39 is 28.5 Å². The van der Waals surface area contributed by atoms with Crippen LogP contribution in [0.25, 0.3) is 0 Å². The Labute approximate surface area is 208 Å². The van der Waals surface area contributed by atoms with E-state index in [2.05, 4.69) is 5.32 Å².